The number of piperidine rings is 1. The molecule has 2 nitrogen and oxygen atoms in total. The number of halogens is 1. The first-order chi connectivity index (χ1) is 8.51. The average molecular weight is 251 g/mol. The smallest absolute Gasteiger partial charge is 0.129 e. The van der Waals surface area contributed by atoms with E-state index in [4.69, 9.17) is 0 Å². The molecule has 100 valence electrons. The van der Waals surface area contributed by atoms with Crippen LogP contribution >= 0.6 is 0 Å². The lowest BCUT2D eigenvalue weighted by atomic mass is 9.84. The molecule has 0 atom stereocenters. The summed E-state index contributed by atoms with van der Waals surface area (Å²) in [5, 5.41) is 10.6. The predicted molar refractivity (Wildman–Crippen MR) is 70.8 cm³/mol. The highest BCUT2D eigenvalue weighted by Crippen LogP contribution is 2.34. The molecule has 1 fully saturated rings. The van der Waals surface area contributed by atoms with Crippen LogP contribution in [0.3, 0.4) is 0 Å². The summed E-state index contributed by atoms with van der Waals surface area (Å²) in [6, 6.07) is 6.58. The zero-order chi connectivity index (χ0) is 13.2. The summed E-state index contributed by atoms with van der Waals surface area (Å²) < 4.78 is 13.8. The second-order valence-electron chi connectivity index (χ2n) is 5.71. The van der Waals surface area contributed by atoms with Gasteiger partial charge in [-0.1, -0.05) is 32.0 Å². The minimum atomic E-state index is -0.987. The van der Waals surface area contributed by atoms with Gasteiger partial charge in [0.15, 0.2) is 0 Å². The van der Waals surface area contributed by atoms with Crippen LogP contribution in [0.5, 0.6) is 0 Å². The summed E-state index contributed by atoms with van der Waals surface area (Å²) >= 11 is 0. The highest BCUT2D eigenvalue weighted by atomic mass is 19.1. The summed E-state index contributed by atoms with van der Waals surface area (Å²) in [6.45, 7) is 7.11. The fraction of sp³-hybridized carbons (Fsp3) is 0.600. The van der Waals surface area contributed by atoms with Gasteiger partial charge in [-0.05, 0) is 24.8 Å². The summed E-state index contributed by atoms with van der Waals surface area (Å²) in [4.78, 5) is 2.35. The molecular formula is C15H22FNO. The van der Waals surface area contributed by atoms with E-state index in [1.54, 1.807) is 18.2 Å². The topological polar surface area (TPSA) is 23.5 Å². The highest BCUT2D eigenvalue weighted by Gasteiger charge is 2.35. The molecule has 1 saturated heterocycles. The molecule has 1 aromatic rings. The summed E-state index contributed by atoms with van der Waals surface area (Å²) in [5.41, 5.74) is -0.534. The Morgan fingerprint density at radius 1 is 1.28 bits per heavy atom. The van der Waals surface area contributed by atoms with Crippen molar-refractivity contribution in [3.8, 4) is 0 Å². The van der Waals surface area contributed by atoms with Crippen LogP contribution in [-0.2, 0) is 5.60 Å². The average Bonchev–Trinajstić information content (AvgIpc) is 2.32. The van der Waals surface area contributed by atoms with E-state index < -0.39 is 5.60 Å². The van der Waals surface area contributed by atoms with Crippen molar-refractivity contribution in [1.29, 1.82) is 0 Å². The number of likely N-dealkylation sites (tertiary alicyclic amines) is 1. The van der Waals surface area contributed by atoms with Crippen molar-refractivity contribution in [2.75, 3.05) is 19.6 Å². The quantitative estimate of drug-likeness (QED) is 0.893. The Morgan fingerprint density at radius 3 is 2.44 bits per heavy atom. The van der Waals surface area contributed by atoms with Crippen molar-refractivity contribution in [3.63, 3.8) is 0 Å². The van der Waals surface area contributed by atoms with Crippen LogP contribution in [0.25, 0.3) is 0 Å². The first-order valence-electron chi connectivity index (χ1n) is 6.71. The fourth-order valence-electron chi connectivity index (χ4n) is 2.73. The number of rotatable bonds is 3. The maximum Gasteiger partial charge on any atom is 0.129 e. The predicted octanol–water partition coefficient (Wildman–Crippen LogP) is 2.77. The van der Waals surface area contributed by atoms with E-state index in [1.165, 1.54) is 6.07 Å². The standard InChI is InChI=1S/C15H22FNO/c1-12(2)11-17-9-7-15(18,8-10-17)13-5-3-4-6-14(13)16/h3-6,12,18H,7-11H2,1-2H3. The molecule has 1 N–H and O–H groups in total. The Morgan fingerprint density at radius 2 is 1.89 bits per heavy atom. The molecule has 0 saturated carbocycles. The van der Waals surface area contributed by atoms with Gasteiger partial charge >= 0.3 is 0 Å². The Bertz CT molecular complexity index is 397. The molecule has 18 heavy (non-hydrogen) atoms. The molecule has 1 heterocycles. The zero-order valence-corrected chi connectivity index (χ0v) is 11.2. The monoisotopic (exact) mass is 251 g/mol. The third kappa shape index (κ3) is 2.90. The van der Waals surface area contributed by atoms with Gasteiger partial charge in [0.2, 0.25) is 0 Å². The van der Waals surface area contributed by atoms with E-state index in [0.29, 0.717) is 24.3 Å². The largest absolute Gasteiger partial charge is 0.385 e. The number of aliphatic hydroxyl groups is 1. The van der Waals surface area contributed by atoms with Gasteiger partial charge in [0.25, 0.3) is 0 Å². The molecule has 0 aliphatic carbocycles. The van der Waals surface area contributed by atoms with E-state index in [1.807, 2.05) is 0 Å². The molecule has 3 heteroatoms. The van der Waals surface area contributed by atoms with Crippen LogP contribution in [0.4, 0.5) is 4.39 Å². The molecular weight excluding hydrogens is 229 g/mol. The van der Waals surface area contributed by atoms with Crippen LogP contribution in [-0.4, -0.2) is 29.6 Å². The maximum absolute atomic E-state index is 13.8. The van der Waals surface area contributed by atoms with Gasteiger partial charge in [-0.25, -0.2) is 4.39 Å². The Labute approximate surface area is 108 Å². The van der Waals surface area contributed by atoms with Crippen molar-refractivity contribution in [3.05, 3.63) is 35.6 Å². The number of nitrogens with zero attached hydrogens (tertiary/aromatic N) is 1. The van der Waals surface area contributed by atoms with Gasteiger partial charge in [0.1, 0.15) is 5.82 Å². The second kappa shape index (κ2) is 5.37. The third-order valence-corrected chi connectivity index (χ3v) is 3.68. The molecule has 1 aromatic carbocycles. The van der Waals surface area contributed by atoms with Gasteiger partial charge in [-0.3, -0.25) is 0 Å². The lowest BCUT2D eigenvalue weighted by molar-refractivity contribution is -0.0304. The molecule has 0 amide bonds. The molecule has 2 rings (SSSR count). The minimum absolute atomic E-state index is 0.294. The zero-order valence-electron chi connectivity index (χ0n) is 11.2. The molecule has 1 aliphatic heterocycles. The summed E-state index contributed by atoms with van der Waals surface area (Å²) in [6.07, 6.45) is 1.22. The number of hydrogen-bond donors (Lipinski definition) is 1. The van der Waals surface area contributed by atoms with E-state index in [0.717, 1.165) is 19.6 Å². The van der Waals surface area contributed by atoms with Crippen LogP contribution in [0.15, 0.2) is 24.3 Å². The SMILES string of the molecule is CC(C)CN1CCC(O)(c2ccccc2F)CC1. The fourth-order valence-corrected chi connectivity index (χ4v) is 2.73. The van der Waals surface area contributed by atoms with E-state index in [2.05, 4.69) is 18.7 Å². The lowest BCUT2D eigenvalue weighted by Crippen LogP contribution is -2.44. The van der Waals surface area contributed by atoms with E-state index in [9.17, 15) is 9.50 Å². The van der Waals surface area contributed by atoms with E-state index in [-0.39, 0.29) is 5.82 Å². The van der Waals surface area contributed by atoms with Gasteiger partial charge in [0.05, 0.1) is 5.60 Å². The number of hydrogen-bond acceptors (Lipinski definition) is 2. The van der Waals surface area contributed by atoms with Crippen LogP contribution in [0.1, 0.15) is 32.3 Å². The Hall–Kier alpha value is -0.930. The maximum atomic E-state index is 13.8. The van der Waals surface area contributed by atoms with Gasteiger partial charge < -0.3 is 10.0 Å². The van der Waals surface area contributed by atoms with Gasteiger partial charge in [-0.15, -0.1) is 0 Å². The molecule has 0 radical (unpaired) electrons. The molecule has 0 bridgehead atoms. The molecule has 1 aliphatic rings. The van der Waals surface area contributed by atoms with Crippen molar-refractivity contribution in [2.24, 2.45) is 5.92 Å². The van der Waals surface area contributed by atoms with Crippen molar-refractivity contribution in [1.82, 2.24) is 4.90 Å². The first-order valence-corrected chi connectivity index (χ1v) is 6.71. The van der Waals surface area contributed by atoms with Crippen LogP contribution in [0.2, 0.25) is 0 Å². The highest BCUT2D eigenvalue weighted by molar-refractivity contribution is 5.25. The van der Waals surface area contributed by atoms with Crippen molar-refractivity contribution < 1.29 is 9.50 Å². The second-order valence-corrected chi connectivity index (χ2v) is 5.71. The summed E-state index contributed by atoms with van der Waals surface area (Å²) in [7, 11) is 0. The Balaban J connectivity index is 2.05. The van der Waals surface area contributed by atoms with Crippen molar-refractivity contribution in [2.45, 2.75) is 32.3 Å². The van der Waals surface area contributed by atoms with Crippen LogP contribution in [0, 0.1) is 11.7 Å². The molecule has 0 spiro atoms. The number of benzene rings is 1. The third-order valence-electron chi connectivity index (χ3n) is 3.68. The van der Waals surface area contributed by atoms with Crippen LogP contribution < -0.4 is 0 Å². The molecule has 0 unspecified atom stereocenters. The van der Waals surface area contributed by atoms with Gasteiger partial charge in [0, 0.05) is 25.2 Å². The van der Waals surface area contributed by atoms with Crippen molar-refractivity contribution >= 4 is 0 Å². The van der Waals surface area contributed by atoms with Gasteiger partial charge in [-0.2, -0.15) is 0 Å². The summed E-state index contributed by atoms with van der Waals surface area (Å²) in [5.74, 6) is 0.335. The first kappa shape index (κ1) is 13.5. The Kier molecular flexibility index (Phi) is 4.03. The normalized spacial score (nSPS) is 20.3. The lowest BCUT2D eigenvalue weighted by Gasteiger charge is -2.39. The molecule has 0 aromatic heterocycles. The minimum Gasteiger partial charge on any atom is -0.385 e. The van der Waals surface area contributed by atoms with E-state index >= 15 is 0 Å².